The monoisotopic (exact) mass is 297 g/mol. The van der Waals surface area contributed by atoms with Gasteiger partial charge in [-0.1, -0.05) is 12.1 Å². The molecular formula is C17H19N3O2. The molecule has 5 heteroatoms. The van der Waals surface area contributed by atoms with Gasteiger partial charge in [-0.15, -0.1) is 0 Å². The van der Waals surface area contributed by atoms with Gasteiger partial charge < -0.3 is 20.5 Å². The number of rotatable bonds is 3. The number of nitrogens with one attached hydrogen (secondary N) is 1. The van der Waals surface area contributed by atoms with Gasteiger partial charge in [-0.05, 0) is 38.1 Å². The van der Waals surface area contributed by atoms with Gasteiger partial charge >= 0.3 is 0 Å². The molecule has 1 aliphatic heterocycles. The summed E-state index contributed by atoms with van der Waals surface area (Å²) in [6.07, 6.45) is -0.191. The molecule has 2 aromatic rings. The fraction of sp³-hybridized carbons (Fsp3) is 0.235. The predicted octanol–water partition coefficient (Wildman–Crippen LogP) is 3.59. The van der Waals surface area contributed by atoms with Crippen LogP contribution in [0.2, 0.25) is 0 Å². The van der Waals surface area contributed by atoms with Crippen molar-refractivity contribution < 1.29 is 9.47 Å². The molecule has 1 heterocycles. The van der Waals surface area contributed by atoms with Gasteiger partial charge in [0.25, 0.3) is 0 Å². The number of hydrogen-bond donors (Lipinski definition) is 2. The highest BCUT2D eigenvalue weighted by Crippen LogP contribution is 2.35. The highest BCUT2D eigenvalue weighted by molar-refractivity contribution is 6.02. The van der Waals surface area contributed by atoms with E-state index in [1.54, 1.807) is 6.07 Å². The number of para-hydroxylation sites is 2. The number of hydrogen-bond acceptors (Lipinski definition) is 5. The van der Waals surface area contributed by atoms with Gasteiger partial charge in [0.15, 0.2) is 6.10 Å². The Kier molecular flexibility index (Phi) is 3.87. The van der Waals surface area contributed by atoms with Crippen LogP contribution in [0, 0.1) is 0 Å². The lowest BCUT2D eigenvalue weighted by Gasteiger charge is -2.25. The van der Waals surface area contributed by atoms with E-state index in [4.69, 9.17) is 15.2 Å². The second kappa shape index (κ2) is 5.97. The van der Waals surface area contributed by atoms with Crippen LogP contribution in [0.5, 0.6) is 11.5 Å². The Balaban J connectivity index is 1.90. The molecular weight excluding hydrogens is 278 g/mol. The van der Waals surface area contributed by atoms with Crippen LogP contribution in [-0.2, 0) is 0 Å². The van der Waals surface area contributed by atoms with E-state index < -0.39 is 0 Å². The highest BCUT2D eigenvalue weighted by atomic mass is 16.5. The molecule has 0 amide bonds. The first kappa shape index (κ1) is 14.3. The Labute approximate surface area is 129 Å². The number of nitrogens with zero attached hydrogens (tertiary/aromatic N) is 1. The Morgan fingerprint density at radius 1 is 1.27 bits per heavy atom. The van der Waals surface area contributed by atoms with Crippen LogP contribution in [0.25, 0.3) is 0 Å². The minimum atomic E-state index is -0.191. The van der Waals surface area contributed by atoms with Crippen molar-refractivity contribution in [3.8, 4) is 11.5 Å². The molecule has 3 rings (SSSR count). The fourth-order valence-corrected chi connectivity index (χ4v) is 2.30. The zero-order valence-electron chi connectivity index (χ0n) is 12.7. The molecule has 0 spiro atoms. The number of fused-ring (bicyclic) bond motifs is 1. The molecule has 0 saturated carbocycles. The van der Waals surface area contributed by atoms with Crippen LogP contribution in [0.3, 0.4) is 0 Å². The first-order valence-corrected chi connectivity index (χ1v) is 7.31. The first-order valence-electron chi connectivity index (χ1n) is 7.31. The van der Waals surface area contributed by atoms with Crippen molar-refractivity contribution in [2.24, 2.45) is 4.99 Å². The Bertz CT molecular complexity index is 713. The molecule has 0 fully saturated rings. The van der Waals surface area contributed by atoms with Crippen molar-refractivity contribution in [2.75, 3.05) is 17.7 Å². The third kappa shape index (κ3) is 2.83. The summed E-state index contributed by atoms with van der Waals surface area (Å²) in [7, 11) is 0. The Hall–Kier alpha value is -2.69. The summed E-state index contributed by atoms with van der Waals surface area (Å²) in [5, 5.41) is 3.31. The van der Waals surface area contributed by atoms with E-state index >= 15 is 0 Å². The van der Waals surface area contributed by atoms with Crippen LogP contribution in [0.1, 0.15) is 13.8 Å². The van der Waals surface area contributed by atoms with E-state index in [1.807, 2.05) is 50.2 Å². The number of anilines is 2. The van der Waals surface area contributed by atoms with Gasteiger partial charge in [0, 0.05) is 11.8 Å². The maximum Gasteiger partial charge on any atom is 0.153 e. The normalized spacial score (nSPS) is 16.3. The van der Waals surface area contributed by atoms with Gasteiger partial charge in [0.1, 0.15) is 23.0 Å². The maximum atomic E-state index is 5.88. The van der Waals surface area contributed by atoms with Gasteiger partial charge in [0.05, 0.1) is 12.3 Å². The number of ether oxygens (including phenoxy) is 2. The van der Waals surface area contributed by atoms with Crippen LogP contribution in [-0.4, -0.2) is 18.5 Å². The van der Waals surface area contributed by atoms with E-state index in [1.165, 1.54) is 0 Å². The third-order valence-corrected chi connectivity index (χ3v) is 3.36. The molecule has 0 aromatic heterocycles. The SMILES string of the molecule is CCOc1ccccc1NC1=Nc2ccc(N)cc2OC1C. The summed E-state index contributed by atoms with van der Waals surface area (Å²) in [5.74, 6) is 2.24. The quantitative estimate of drug-likeness (QED) is 0.849. The number of benzene rings is 2. The summed E-state index contributed by atoms with van der Waals surface area (Å²) in [5.41, 5.74) is 8.08. The predicted molar refractivity (Wildman–Crippen MR) is 89.3 cm³/mol. The van der Waals surface area contributed by atoms with Crippen molar-refractivity contribution in [3.05, 3.63) is 42.5 Å². The molecule has 0 saturated heterocycles. The topological polar surface area (TPSA) is 68.9 Å². The smallest absolute Gasteiger partial charge is 0.153 e. The maximum absolute atomic E-state index is 5.88. The molecule has 0 aliphatic carbocycles. The van der Waals surface area contributed by atoms with E-state index in [9.17, 15) is 0 Å². The van der Waals surface area contributed by atoms with Gasteiger partial charge in [-0.3, -0.25) is 0 Å². The van der Waals surface area contributed by atoms with Gasteiger partial charge in [-0.2, -0.15) is 0 Å². The lowest BCUT2D eigenvalue weighted by molar-refractivity contribution is 0.283. The van der Waals surface area contributed by atoms with E-state index in [0.717, 1.165) is 23.0 Å². The Morgan fingerprint density at radius 2 is 2.09 bits per heavy atom. The molecule has 22 heavy (non-hydrogen) atoms. The van der Waals surface area contributed by atoms with Crippen molar-refractivity contribution in [1.82, 2.24) is 0 Å². The minimum absolute atomic E-state index is 0.191. The number of aliphatic imine (C=N–C) groups is 1. The molecule has 1 atom stereocenters. The molecule has 114 valence electrons. The number of nitrogen functional groups attached to an aromatic ring is 1. The van der Waals surface area contributed by atoms with E-state index in [-0.39, 0.29) is 6.10 Å². The zero-order valence-corrected chi connectivity index (χ0v) is 12.7. The van der Waals surface area contributed by atoms with Crippen LogP contribution in [0.4, 0.5) is 17.1 Å². The van der Waals surface area contributed by atoms with Crippen LogP contribution in [0.15, 0.2) is 47.5 Å². The van der Waals surface area contributed by atoms with Crippen molar-refractivity contribution >= 4 is 22.9 Å². The van der Waals surface area contributed by atoms with Gasteiger partial charge in [0.2, 0.25) is 0 Å². The molecule has 1 aliphatic rings. The molecule has 0 bridgehead atoms. The summed E-state index contributed by atoms with van der Waals surface area (Å²) in [6.45, 7) is 4.52. The summed E-state index contributed by atoms with van der Waals surface area (Å²) < 4.78 is 11.5. The van der Waals surface area contributed by atoms with E-state index in [2.05, 4.69) is 10.3 Å². The second-order valence-corrected chi connectivity index (χ2v) is 5.04. The van der Waals surface area contributed by atoms with Crippen molar-refractivity contribution in [2.45, 2.75) is 20.0 Å². The molecule has 1 unspecified atom stereocenters. The second-order valence-electron chi connectivity index (χ2n) is 5.04. The van der Waals surface area contributed by atoms with Crippen LogP contribution >= 0.6 is 0 Å². The Morgan fingerprint density at radius 3 is 2.91 bits per heavy atom. The van der Waals surface area contributed by atoms with Crippen molar-refractivity contribution in [3.63, 3.8) is 0 Å². The number of nitrogens with two attached hydrogens (primary N) is 1. The average Bonchev–Trinajstić information content (AvgIpc) is 2.50. The standard InChI is InChI=1S/C17H19N3O2/c1-3-21-15-7-5-4-6-13(15)19-17-11(2)22-16-10-12(18)8-9-14(16)20-17/h4-11H,3,18H2,1-2H3,(H,19,20). The summed E-state index contributed by atoms with van der Waals surface area (Å²) in [6, 6.07) is 13.2. The van der Waals surface area contributed by atoms with Gasteiger partial charge in [-0.25, -0.2) is 4.99 Å². The summed E-state index contributed by atoms with van der Waals surface area (Å²) >= 11 is 0. The first-order chi connectivity index (χ1) is 10.7. The molecule has 0 radical (unpaired) electrons. The lowest BCUT2D eigenvalue weighted by Crippen LogP contribution is -2.32. The zero-order chi connectivity index (χ0) is 15.5. The molecule has 2 aromatic carbocycles. The number of amidine groups is 1. The highest BCUT2D eigenvalue weighted by Gasteiger charge is 2.21. The fourth-order valence-electron chi connectivity index (χ4n) is 2.30. The molecule has 5 nitrogen and oxygen atoms in total. The van der Waals surface area contributed by atoms with Crippen molar-refractivity contribution in [1.29, 1.82) is 0 Å². The molecule has 3 N–H and O–H groups in total. The average molecular weight is 297 g/mol. The van der Waals surface area contributed by atoms with Crippen LogP contribution < -0.4 is 20.5 Å². The lowest BCUT2D eigenvalue weighted by atomic mass is 10.2. The summed E-state index contributed by atoms with van der Waals surface area (Å²) in [4.78, 5) is 4.63. The third-order valence-electron chi connectivity index (χ3n) is 3.36. The minimum Gasteiger partial charge on any atom is -0.492 e. The van der Waals surface area contributed by atoms with E-state index in [0.29, 0.717) is 18.0 Å². The largest absolute Gasteiger partial charge is 0.492 e.